The Hall–Kier alpha value is -5.38. The lowest BCUT2D eigenvalue weighted by molar-refractivity contribution is -0.136. The lowest BCUT2D eigenvalue weighted by atomic mass is 9.89. The summed E-state index contributed by atoms with van der Waals surface area (Å²) in [6.45, 7) is 8.62. The smallest absolute Gasteiger partial charge is 0.264 e. The molecule has 0 radical (unpaired) electrons. The van der Waals surface area contributed by atoms with Gasteiger partial charge >= 0.3 is 0 Å². The fraction of sp³-hybridized carbons (Fsp3) is 0.571. The molecule has 1 aromatic carbocycles. The second-order valence-electron chi connectivity index (χ2n) is 16.3. The van der Waals surface area contributed by atoms with Gasteiger partial charge in [-0.1, -0.05) is 32.8 Å². The first-order valence-corrected chi connectivity index (χ1v) is 21.0. The zero-order chi connectivity index (χ0) is 40.8. The number of piperidine rings is 1. The number of aromatic nitrogens is 3. The van der Waals surface area contributed by atoms with Crippen molar-refractivity contribution in [3.63, 3.8) is 0 Å². The van der Waals surface area contributed by atoms with Gasteiger partial charge in [0.1, 0.15) is 17.9 Å². The van der Waals surface area contributed by atoms with Gasteiger partial charge in [-0.25, -0.2) is 9.50 Å². The SMILES string of the molecule is CC(C)c1ccn2ncnc(NC3CCC(N4CCN(C(=O)CCC(=O)NCCCCCCNc5cccc6c5C(=O)N(C5CCC(=O)NC5=O)C6=O)CC4)CC3)c12. The van der Waals surface area contributed by atoms with E-state index < -0.39 is 29.7 Å². The van der Waals surface area contributed by atoms with E-state index in [1.807, 2.05) is 15.6 Å². The molecule has 0 bridgehead atoms. The van der Waals surface area contributed by atoms with Crippen LogP contribution in [0.2, 0.25) is 0 Å². The normalized spacial score (nSPS) is 21.4. The molecule has 2 saturated heterocycles. The van der Waals surface area contributed by atoms with Gasteiger partial charge in [0.2, 0.25) is 23.6 Å². The van der Waals surface area contributed by atoms with E-state index in [9.17, 15) is 28.8 Å². The van der Waals surface area contributed by atoms with Crippen LogP contribution in [0.3, 0.4) is 0 Å². The van der Waals surface area contributed by atoms with Gasteiger partial charge in [0.15, 0.2) is 5.82 Å². The Morgan fingerprint density at radius 2 is 1.64 bits per heavy atom. The summed E-state index contributed by atoms with van der Waals surface area (Å²) in [6, 6.07) is 7.04. The largest absolute Gasteiger partial charge is 0.384 e. The lowest BCUT2D eigenvalue weighted by Crippen LogP contribution is -2.54. The summed E-state index contributed by atoms with van der Waals surface area (Å²) in [5.74, 6) is -0.873. The molecule has 4 aliphatic rings. The average Bonchev–Trinajstić information content (AvgIpc) is 3.78. The summed E-state index contributed by atoms with van der Waals surface area (Å²) in [5.41, 5.74) is 3.35. The van der Waals surface area contributed by atoms with Gasteiger partial charge in [-0.05, 0) is 74.6 Å². The maximum atomic E-state index is 13.3. The fourth-order valence-electron chi connectivity index (χ4n) is 8.85. The zero-order valence-electron chi connectivity index (χ0n) is 33.6. The maximum absolute atomic E-state index is 13.3. The molecule has 4 N–H and O–H groups in total. The van der Waals surface area contributed by atoms with Crippen molar-refractivity contribution in [3.8, 4) is 0 Å². The minimum atomic E-state index is -1.00. The molecule has 58 heavy (non-hydrogen) atoms. The van der Waals surface area contributed by atoms with Crippen molar-refractivity contribution >= 4 is 52.5 Å². The Morgan fingerprint density at radius 3 is 2.38 bits per heavy atom. The fourth-order valence-corrected chi connectivity index (χ4v) is 8.85. The van der Waals surface area contributed by atoms with Gasteiger partial charge in [0.25, 0.3) is 11.8 Å². The number of anilines is 2. The highest BCUT2D eigenvalue weighted by Gasteiger charge is 2.45. The van der Waals surface area contributed by atoms with E-state index in [1.54, 1.807) is 24.5 Å². The van der Waals surface area contributed by atoms with E-state index in [-0.39, 0.29) is 48.6 Å². The highest BCUT2D eigenvalue weighted by molar-refractivity contribution is 6.25. The topological polar surface area (TPSA) is 190 Å². The number of unbranched alkanes of at least 4 members (excludes halogenated alkanes) is 3. The monoisotopic (exact) mass is 796 g/mol. The van der Waals surface area contributed by atoms with E-state index in [1.165, 1.54) is 5.56 Å². The molecule has 2 aromatic heterocycles. The van der Waals surface area contributed by atoms with Crippen molar-refractivity contribution in [2.24, 2.45) is 0 Å². The van der Waals surface area contributed by atoms with Crippen molar-refractivity contribution in [1.29, 1.82) is 0 Å². The van der Waals surface area contributed by atoms with Crippen LogP contribution in [0.15, 0.2) is 36.8 Å². The van der Waals surface area contributed by atoms with Crippen LogP contribution in [-0.4, -0.2) is 122 Å². The first-order chi connectivity index (χ1) is 28.1. The van der Waals surface area contributed by atoms with E-state index in [2.05, 4.69) is 56.2 Å². The van der Waals surface area contributed by atoms with Crippen LogP contribution in [0.5, 0.6) is 0 Å². The molecule has 1 saturated carbocycles. The van der Waals surface area contributed by atoms with Crippen LogP contribution in [-0.2, 0) is 19.2 Å². The molecule has 6 amide bonds. The molecule has 3 aliphatic heterocycles. The second kappa shape index (κ2) is 18.5. The van der Waals surface area contributed by atoms with Crippen LogP contribution in [0, 0.1) is 0 Å². The molecule has 3 fully saturated rings. The van der Waals surface area contributed by atoms with E-state index in [0.29, 0.717) is 49.9 Å². The predicted octanol–water partition coefficient (Wildman–Crippen LogP) is 3.69. The zero-order valence-corrected chi connectivity index (χ0v) is 33.6. The molecule has 310 valence electrons. The minimum Gasteiger partial charge on any atom is -0.384 e. The molecular weight excluding hydrogens is 741 g/mol. The third kappa shape index (κ3) is 9.16. The first-order valence-electron chi connectivity index (χ1n) is 21.0. The molecule has 0 spiro atoms. The molecule has 1 unspecified atom stereocenters. The average molecular weight is 797 g/mol. The van der Waals surface area contributed by atoms with Gasteiger partial charge in [-0.3, -0.25) is 43.9 Å². The van der Waals surface area contributed by atoms with Crippen LogP contribution in [0.1, 0.15) is 123 Å². The van der Waals surface area contributed by atoms with Crippen molar-refractivity contribution in [2.75, 3.05) is 49.9 Å². The van der Waals surface area contributed by atoms with Crippen molar-refractivity contribution < 1.29 is 28.8 Å². The summed E-state index contributed by atoms with van der Waals surface area (Å²) >= 11 is 0. The number of nitrogens with one attached hydrogen (secondary N) is 4. The highest BCUT2D eigenvalue weighted by Crippen LogP contribution is 2.33. The predicted molar refractivity (Wildman–Crippen MR) is 217 cm³/mol. The molecule has 3 aromatic rings. The summed E-state index contributed by atoms with van der Waals surface area (Å²) in [4.78, 5) is 85.8. The Kier molecular flexibility index (Phi) is 13.0. The van der Waals surface area contributed by atoms with Crippen LogP contribution < -0.4 is 21.3 Å². The molecule has 1 aliphatic carbocycles. The number of nitrogens with zero attached hydrogens (tertiary/aromatic N) is 6. The molecule has 7 rings (SSSR count). The summed E-state index contributed by atoms with van der Waals surface area (Å²) < 4.78 is 1.91. The third-order valence-electron chi connectivity index (χ3n) is 12.1. The van der Waals surface area contributed by atoms with Gasteiger partial charge < -0.3 is 20.9 Å². The number of carbonyl (C=O) groups is 6. The Labute approximate surface area is 338 Å². The number of carbonyl (C=O) groups excluding carboxylic acids is 6. The third-order valence-corrected chi connectivity index (χ3v) is 12.1. The maximum Gasteiger partial charge on any atom is 0.264 e. The van der Waals surface area contributed by atoms with Crippen molar-refractivity contribution in [2.45, 2.75) is 115 Å². The van der Waals surface area contributed by atoms with Gasteiger partial charge in [0, 0.05) is 82.5 Å². The van der Waals surface area contributed by atoms with Crippen LogP contribution in [0.25, 0.3) is 5.52 Å². The molecule has 5 heterocycles. The van der Waals surface area contributed by atoms with Crippen molar-refractivity contribution in [3.05, 3.63) is 53.5 Å². The summed E-state index contributed by atoms with van der Waals surface area (Å²) in [7, 11) is 0. The number of benzene rings is 1. The Balaban J connectivity index is 0.734. The van der Waals surface area contributed by atoms with Crippen molar-refractivity contribution in [1.82, 2.24) is 39.9 Å². The van der Waals surface area contributed by atoms with E-state index in [0.717, 1.165) is 80.7 Å². The number of piperazine rings is 1. The van der Waals surface area contributed by atoms with Crippen LogP contribution in [0.4, 0.5) is 11.5 Å². The Bertz CT molecular complexity index is 2020. The molecule has 16 heteroatoms. The van der Waals surface area contributed by atoms with E-state index >= 15 is 0 Å². The number of hydrogen-bond donors (Lipinski definition) is 4. The first kappa shape index (κ1) is 40.8. The molecular formula is C42H56N10O6. The molecule has 1 atom stereocenters. The number of fused-ring (bicyclic) bond motifs is 2. The van der Waals surface area contributed by atoms with Gasteiger partial charge in [-0.2, -0.15) is 5.10 Å². The van der Waals surface area contributed by atoms with Crippen LogP contribution >= 0.6 is 0 Å². The van der Waals surface area contributed by atoms with E-state index in [4.69, 9.17) is 0 Å². The molecule has 16 nitrogen and oxygen atoms in total. The number of rotatable bonds is 16. The number of imide groups is 2. The number of hydrogen-bond acceptors (Lipinski definition) is 11. The van der Waals surface area contributed by atoms with Gasteiger partial charge in [-0.15, -0.1) is 0 Å². The second-order valence-corrected chi connectivity index (χ2v) is 16.3. The summed E-state index contributed by atoms with van der Waals surface area (Å²) in [5, 5.41) is 16.5. The lowest BCUT2D eigenvalue weighted by Gasteiger charge is -2.42. The quantitative estimate of drug-likeness (QED) is 0.122. The highest BCUT2D eigenvalue weighted by atomic mass is 16.2. The minimum absolute atomic E-state index is 0.0383. The Morgan fingerprint density at radius 1 is 0.879 bits per heavy atom. The summed E-state index contributed by atoms with van der Waals surface area (Å²) in [6.07, 6.45) is 12.0. The number of amides is 6. The standard InChI is InChI=1S/C42H56N10O6/c1-27(2)30-18-21-51-38(30)39(45-26-46-51)47-28-10-12-29(13-11-28)49-22-24-50(25-23-49)36(55)17-16-34(53)44-20-6-4-3-5-19-43-32-9-7-8-31-37(32)42(58)52(41(31)57)33-14-15-35(54)48-40(33)56/h7-9,18,21,26-29,33,43H,3-6,10-17,19-20,22-25H2,1-2H3,(H,44,53)(H,45,46,47)(H,48,54,56). The van der Waals surface area contributed by atoms with Gasteiger partial charge in [0.05, 0.1) is 11.1 Å².